The van der Waals surface area contributed by atoms with Crippen LogP contribution in [-0.2, 0) is 11.2 Å². The summed E-state index contributed by atoms with van der Waals surface area (Å²) < 4.78 is 13.5. The lowest BCUT2D eigenvalue weighted by Gasteiger charge is -2.36. The fraction of sp³-hybridized carbons (Fsp3) is 0.389. The van der Waals surface area contributed by atoms with Gasteiger partial charge in [0.05, 0.1) is 6.04 Å². The Morgan fingerprint density at radius 1 is 1.35 bits per heavy atom. The first-order chi connectivity index (χ1) is 11.2. The lowest BCUT2D eigenvalue weighted by molar-refractivity contribution is -0.134. The second kappa shape index (κ2) is 7.70. The summed E-state index contributed by atoms with van der Waals surface area (Å²) in [4.78, 5) is 15.8. The molecule has 1 unspecified atom stereocenters. The Morgan fingerprint density at radius 2 is 2.26 bits per heavy atom. The van der Waals surface area contributed by atoms with Gasteiger partial charge in [-0.2, -0.15) is 0 Å². The van der Waals surface area contributed by atoms with Gasteiger partial charge in [-0.1, -0.05) is 18.2 Å². The van der Waals surface area contributed by atoms with Gasteiger partial charge >= 0.3 is 0 Å². The number of rotatable bonds is 5. The zero-order chi connectivity index (χ0) is 16.1. The van der Waals surface area contributed by atoms with E-state index in [0.717, 1.165) is 24.9 Å². The summed E-state index contributed by atoms with van der Waals surface area (Å²) in [6.45, 7) is 2.15. The van der Waals surface area contributed by atoms with Crippen LogP contribution in [0.4, 0.5) is 4.39 Å². The topological polar surface area (TPSA) is 32.3 Å². The van der Waals surface area contributed by atoms with Crippen LogP contribution in [0.2, 0.25) is 0 Å². The fourth-order valence-corrected chi connectivity index (χ4v) is 3.78. The fourth-order valence-electron chi connectivity index (χ4n) is 3.03. The van der Waals surface area contributed by atoms with Crippen molar-refractivity contribution in [2.75, 3.05) is 19.6 Å². The van der Waals surface area contributed by atoms with Gasteiger partial charge in [-0.25, -0.2) is 4.39 Å². The van der Waals surface area contributed by atoms with Gasteiger partial charge in [-0.3, -0.25) is 4.79 Å². The van der Waals surface area contributed by atoms with Crippen LogP contribution in [0.3, 0.4) is 0 Å². The molecule has 1 aliphatic rings. The lowest BCUT2D eigenvalue weighted by Crippen LogP contribution is -2.48. The summed E-state index contributed by atoms with van der Waals surface area (Å²) in [5, 5.41) is 5.36. The molecule has 3 rings (SSSR count). The van der Waals surface area contributed by atoms with Crippen LogP contribution < -0.4 is 5.32 Å². The average Bonchev–Trinajstić information content (AvgIpc) is 3.08. The number of halogens is 1. The summed E-state index contributed by atoms with van der Waals surface area (Å²) in [5.74, 6) is -0.0875. The zero-order valence-electron chi connectivity index (χ0n) is 13.0. The summed E-state index contributed by atoms with van der Waals surface area (Å²) in [6.07, 6.45) is 2.35. The maximum Gasteiger partial charge on any atom is 0.223 e. The van der Waals surface area contributed by atoms with E-state index in [9.17, 15) is 9.18 Å². The summed E-state index contributed by atoms with van der Waals surface area (Å²) in [5.41, 5.74) is 0.865. The van der Waals surface area contributed by atoms with E-state index in [1.54, 1.807) is 17.4 Å². The number of amides is 1. The van der Waals surface area contributed by atoms with E-state index in [0.29, 0.717) is 19.5 Å². The molecule has 122 valence electrons. The van der Waals surface area contributed by atoms with E-state index >= 15 is 0 Å². The molecule has 0 bridgehead atoms. The highest BCUT2D eigenvalue weighted by Crippen LogP contribution is 2.24. The van der Waals surface area contributed by atoms with Gasteiger partial charge in [0.2, 0.25) is 5.91 Å². The molecule has 5 heteroatoms. The van der Waals surface area contributed by atoms with Gasteiger partial charge < -0.3 is 10.2 Å². The molecule has 0 spiro atoms. The number of thiophene rings is 1. The monoisotopic (exact) mass is 332 g/mol. The molecule has 0 aliphatic carbocycles. The SMILES string of the molecule is O=C(CCCc1cccs1)N1CCNCC1c1cccc(F)c1. The molecule has 0 saturated carbocycles. The van der Waals surface area contributed by atoms with Crippen molar-refractivity contribution in [3.05, 3.63) is 58.0 Å². The van der Waals surface area contributed by atoms with Crippen molar-refractivity contribution in [1.29, 1.82) is 0 Å². The number of carbonyl (C=O) groups excluding carboxylic acids is 1. The van der Waals surface area contributed by atoms with Crippen molar-refractivity contribution in [3.8, 4) is 0 Å². The van der Waals surface area contributed by atoms with Gasteiger partial charge in [0.1, 0.15) is 5.82 Å². The second-order valence-corrected chi connectivity index (χ2v) is 6.83. The molecule has 1 aromatic carbocycles. The molecule has 1 amide bonds. The van der Waals surface area contributed by atoms with Crippen molar-refractivity contribution in [3.63, 3.8) is 0 Å². The Morgan fingerprint density at radius 3 is 3.04 bits per heavy atom. The third-order valence-electron chi connectivity index (χ3n) is 4.19. The van der Waals surface area contributed by atoms with E-state index in [-0.39, 0.29) is 17.8 Å². The predicted octanol–water partition coefficient (Wildman–Crippen LogP) is 3.38. The highest BCUT2D eigenvalue weighted by molar-refractivity contribution is 7.09. The molecule has 1 aliphatic heterocycles. The number of carbonyl (C=O) groups is 1. The number of nitrogens with one attached hydrogen (secondary N) is 1. The third-order valence-corrected chi connectivity index (χ3v) is 5.13. The summed E-state index contributed by atoms with van der Waals surface area (Å²) in [6, 6.07) is 10.6. The van der Waals surface area contributed by atoms with Crippen LogP contribution in [0.15, 0.2) is 41.8 Å². The first kappa shape index (κ1) is 16.1. The number of piperazine rings is 1. The maximum atomic E-state index is 13.5. The number of aryl methyl sites for hydroxylation is 1. The van der Waals surface area contributed by atoms with Gasteiger partial charge in [-0.05, 0) is 42.0 Å². The van der Waals surface area contributed by atoms with E-state index in [2.05, 4.69) is 16.8 Å². The van der Waals surface area contributed by atoms with Crippen LogP contribution in [0.25, 0.3) is 0 Å². The van der Waals surface area contributed by atoms with Gasteiger partial charge in [0.25, 0.3) is 0 Å². The standard InChI is InChI=1S/C18H21FN2OS/c19-15-5-1-4-14(12-15)17-13-20-9-10-21(17)18(22)8-2-6-16-7-3-11-23-16/h1,3-5,7,11-12,17,20H,2,6,8-10,13H2. The smallest absolute Gasteiger partial charge is 0.223 e. The van der Waals surface area contributed by atoms with Gasteiger partial charge in [0.15, 0.2) is 0 Å². The summed E-state index contributed by atoms with van der Waals surface area (Å²) >= 11 is 1.73. The predicted molar refractivity (Wildman–Crippen MR) is 91.0 cm³/mol. The molecule has 1 N–H and O–H groups in total. The molecule has 2 heterocycles. The molecule has 3 nitrogen and oxygen atoms in total. The minimum absolute atomic E-state index is 0.0753. The molecule has 1 atom stereocenters. The Bertz CT molecular complexity index is 644. The number of hydrogen-bond donors (Lipinski definition) is 1. The van der Waals surface area contributed by atoms with Crippen molar-refractivity contribution in [1.82, 2.24) is 10.2 Å². The number of benzene rings is 1. The maximum absolute atomic E-state index is 13.5. The van der Waals surface area contributed by atoms with Crippen LogP contribution in [0, 0.1) is 5.82 Å². The first-order valence-electron chi connectivity index (χ1n) is 8.02. The first-order valence-corrected chi connectivity index (χ1v) is 8.90. The Balaban J connectivity index is 1.62. The molecule has 1 aromatic heterocycles. The van der Waals surface area contributed by atoms with Gasteiger partial charge in [0, 0.05) is 30.9 Å². The quantitative estimate of drug-likeness (QED) is 0.910. The van der Waals surface area contributed by atoms with E-state index in [4.69, 9.17) is 0 Å². The zero-order valence-corrected chi connectivity index (χ0v) is 13.8. The summed E-state index contributed by atoms with van der Waals surface area (Å²) in [7, 11) is 0. The highest BCUT2D eigenvalue weighted by atomic mass is 32.1. The van der Waals surface area contributed by atoms with E-state index in [1.165, 1.54) is 17.0 Å². The minimum Gasteiger partial charge on any atom is -0.333 e. The molecule has 2 aromatic rings. The number of nitrogens with zero attached hydrogens (tertiary/aromatic N) is 1. The number of hydrogen-bond acceptors (Lipinski definition) is 3. The largest absolute Gasteiger partial charge is 0.333 e. The van der Waals surface area contributed by atoms with Crippen LogP contribution >= 0.6 is 11.3 Å². The average molecular weight is 332 g/mol. The molecule has 23 heavy (non-hydrogen) atoms. The normalized spacial score (nSPS) is 18.1. The van der Waals surface area contributed by atoms with Crippen LogP contribution in [-0.4, -0.2) is 30.4 Å². The minimum atomic E-state index is -0.252. The van der Waals surface area contributed by atoms with Crippen molar-refractivity contribution >= 4 is 17.2 Å². The Labute approximate surface area is 140 Å². The van der Waals surface area contributed by atoms with E-state index in [1.807, 2.05) is 17.0 Å². The molecule has 1 fully saturated rings. The molecule has 0 radical (unpaired) electrons. The van der Waals surface area contributed by atoms with Crippen LogP contribution in [0.5, 0.6) is 0 Å². The Hall–Kier alpha value is -1.72. The van der Waals surface area contributed by atoms with Crippen LogP contribution in [0.1, 0.15) is 29.3 Å². The molecular weight excluding hydrogens is 311 g/mol. The van der Waals surface area contributed by atoms with Crippen molar-refractivity contribution < 1.29 is 9.18 Å². The molecular formula is C18H21FN2OS. The van der Waals surface area contributed by atoms with Crippen molar-refractivity contribution in [2.45, 2.75) is 25.3 Å². The van der Waals surface area contributed by atoms with E-state index < -0.39 is 0 Å². The second-order valence-electron chi connectivity index (χ2n) is 5.79. The highest BCUT2D eigenvalue weighted by Gasteiger charge is 2.27. The molecule has 1 saturated heterocycles. The van der Waals surface area contributed by atoms with Crippen molar-refractivity contribution in [2.24, 2.45) is 0 Å². The Kier molecular flexibility index (Phi) is 5.41. The lowest BCUT2D eigenvalue weighted by atomic mass is 10.0. The van der Waals surface area contributed by atoms with Gasteiger partial charge in [-0.15, -0.1) is 11.3 Å². The third kappa shape index (κ3) is 4.18.